The molecule has 1 atom stereocenters. The van der Waals surface area contributed by atoms with Crippen molar-refractivity contribution in [3.05, 3.63) is 58.1 Å². The molecule has 9 heteroatoms. The van der Waals surface area contributed by atoms with Crippen LogP contribution in [0.4, 0.5) is 13.2 Å². The molecule has 1 unspecified atom stereocenters. The molecule has 2 aromatic carbocycles. The maximum atomic E-state index is 12.7. The molecule has 0 heterocycles. The van der Waals surface area contributed by atoms with Crippen molar-refractivity contribution in [3.8, 4) is 11.5 Å². The van der Waals surface area contributed by atoms with Crippen LogP contribution in [-0.4, -0.2) is 18.7 Å². The number of para-hydroxylation sites is 1. The van der Waals surface area contributed by atoms with Gasteiger partial charge in [0.2, 0.25) is 0 Å². The number of hydrogen-bond acceptors (Lipinski definition) is 4. The van der Waals surface area contributed by atoms with Gasteiger partial charge in [-0.05, 0) is 24.3 Å². The minimum atomic E-state index is -4.63. The van der Waals surface area contributed by atoms with Gasteiger partial charge in [-0.3, -0.25) is 0 Å². The van der Waals surface area contributed by atoms with Crippen LogP contribution in [0.3, 0.4) is 0 Å². The van der Waals surface area contributed by atoms with Crippen LogP contribution in [0.15, 0.2) is 42.5 Å². The molecule has 0 N–H and O–H groups in total. The summed E-state index contributed by atoms with van der Waals surface area (Å²) < 4.78 is 48.4. The predicted octanol–water partition coefficient (Wildman–Crippen LogP) is 3.59. The first-order valence-electron chi connectivity index (χ1n) is 6.80. The van der Waals surface area contributed by atoms with Crippen molar-refractivity contribution in [2.75, 3.05) is 6.61 Å². The van der Waals surface area contributed by atoms with Crippen LogP contribution in [0.2, 0.25) is 10.0 Å². The highest BCUT2D eigenvalue weighted by Gasteiger charge is 2.32. The molecule has 0 aliphatic carbocycles. The van der Waals surface area contributed by atoms with Gasteiger partial charge in [0.25, 0.3) is 0 Å². The fourth-order valence-corrected chi connectivity index (χ4v) is 2.43. The molecule has 0 aliphatic rings. The van der Waals surface area contributed by atoms with E-state index in [0.717, 1.165) is 0 Å². The molecule has 0 radical (unpaired) electrons. The van der Waals surface area contributed by atoms with Gasteiger partial charge in [-0.1, -0.05) is 41.4 Å². The average Bonchev–Trinajstić information content (AvgIpc) is 2.52. The highest BCUT2D eigenvalue weighted by molar-refractivity contribution is 6.37. The second kappa shape index (κ2) is 7.84. The van der Waals surface area contributed by atoms with E-state index in [1.54, 1.807) is 18.2 Å². The summed E-state index contributed by atoms with van der Waals surface area (Å²) in [5.41, 5.74) is -1.05. The third-order valence-corrected chi connectivity index (χ3v) is 3.55. The number of hydrogen-bond donors (Lipinski definition) is 0. The average molecular weight is 394 g/mol. The van der Waals surface area contributed by atoms with E-state index < -0.39 is 40.5 Å². The Hall–Kier alpha value is -2.12. The normalized spacial score (nSPS) is 12.5. The van der Waals surface area contributed by atoms with Gasteiger partial charge in [0, 0.05) is 0 Å². The first kappa shape index (κ1) is 19.2. The van der Waals surface area contributed by atoms with E-state index in [9.17, 15) is 23.1 Å². The van der Waals surface area contributed by atoms with E-state index in [1.807, 2.05) is 0 Å². The molecule has 0 saturated heterocycles. The lowest BCUT2D eigenvalue weighted by atomic mass is 10.2. The van der Waals surface area contributed by atoms with Gasteiger partial charge in [-0.25, -0.2) is 0 Å². The Morgan fingerprint density at radius 2 is 1.68 bits per heavy atom. The van der Waals surface area contributed by atoms with Gasteiger partial charge in [-0.2, -0.15) is 13.2 Å². The summed E-state index contributed by atoms with van der Waals surface area (Å²) in [5.74, 6) is -1.59. The fraction of sp³-hybridized carbons (Fsp3) is 0.188. The van der Waals surface area contributed by atoms with Gasteiger partial charge in [0.1, 0.15) is 12.4 Å². The summed E-state index contributed by atoms with van der Waals surface area (Å²) >= 11 is 11.5. The van der Waals surface area contributed by atoms with Crippen LogP contribution < -0.4 is 14.6 Å². The number of aliphatic carboxylic acids is 1. The molecule has 0 spiro atoms. The van der Waals surface area contributed by atoms with Crippen LogP contribution in [0, 0.1) is 0 Å². The zero-order chi connectivity index (χ0) is 18.6. The Bertz CT molecular complexity index is 728. The van der Waals surface area contributed by atoms with Gasteiger partial charge < -0.3 is 19.4 Å². The molecule has 0 saturated carbocycles. The van der Waals surface area contributed by atoms with E-state index >= 15 is 0 Å². The van der Waals surface area contributed by atoms with Crippen molar-refractivity contribution in [1.29, 1.82) is 0 Å². The fourth-order valence-electron chi connectivity index (χ4n) is 1.83. The molecule has 134 valence electrons. The molecule has 0 aromatic heterocycles. The van der Waals surface area contributed by atoms with Crippen molar-refractivity contribution < 1.29 is 32.5 Å². The smallest absolute Gasteiger partial charge is 0.416 e. The zero-order valence-corrected chi connectivity index (χ0v) is 13.9. The Balaban J connectivity index is 2.14. The van der Waals surface area contributed by atoms with E-state index in [-0.39, 0.29) is 11.5 Å². The molecule has 2 aromatic rings. The maximum Gasteiger partial charge on any atom is 0.416 e. The van der Waals surface area contributed by atoms with Crippen molar-refractivity contribution in [2.24, 2.45) is 0 Å². The largest absolute Gasteiger partial charge is 0.546 e. The van der Waals surface area contributed by atoms with E-state index in [1.165, 1.54) is 12.1 Å². The lowest BCUT2D eigenvalue weighted by molar-refractivity contribution is -0.314. The van der Waals surface area contributed by atoms with Crippen LogP contribution in [0.25, 0.3) is 0 Å². The predicted molar refractivity (Wildman–Crippen MR) is 82.8 cm³/mol. The van der Waals surface area contributed by atoms with Crippen molar-refractivity contribution >= 4 is 29.2 Å². The van der Waals surface area contributed by atoms with Gasteiger partial charge in [0.15, 0.2) is 11.9 Å². The number of carbonyl (C=O) groups excluding carboxylic acids is 1. The lowest BCUT2D eigenvalue weighted by Gasteiger charge is -2.21. The van der Waals surface area contributed by atoms with Crippen molar-refractivity contribution in [3.63, 3.8) is 0 Å². The number of halogens is 5. The van der Waals surface area contributed by atoms with Crippen LogP contribution in [0.1, 0.15) is 5.56 Å². The van der Waals surface area contributed by atoms with Gasteiger partial charge in [0.05, 0.1) is 21.6 Å². The third-order valence-electron chi connectivity index (χ3n) is 2.99. The summed E-state index contributed by atoms with van der Waals surface area (Å²) in [5, 5.41) is 10.3. The van der Waals surface area contributed by atoms with E-state index in [4.69, 9.17) is 32.7 Å². The van der Waals surface area contributed by atoms with Crippen molar-refractivity contribution in [2.45, 2.75) is 12.3 Å². The number of ether oxygens (including phenoxy) is 2. The first-order chi connectivity index (χ1) is 11.7. The number of rotatable bonds is 6. The maximum absolute atomic E-state index is 12.7. The minimum absolute atomic E-state index is 0.255. The number of alkyl halides is 3. The van der Waals surface area contributed by atoms with Gasteiger partial charge >= 0.3 is 6.18 Å². The first-order valence-corrected chi connectivity index (χ1v) is 7.55. The standard InChI is InChI=1S/C16H11Cl2F3O4/c17-11-6-9(16(19,20)21)7-12(18)14(11)24-8-13(15(22)23)25-10-4-2-1-3-5-10/h1-7,13H,8H2,(H,22,23)/p-1. The molecular formula is C16H10Cl2F3O4-. The second-order valence-corrected chi connectivity index (χ2v) is 5.63. The highest BCUT2D eigenvalue weighted by atomic mass is 35.5. The molecule has 0 amide bonds. The summed E-state index contributed by atoms with van der Waals surface area (Å²) in [7, 11) is 0. The highest BCUT2D eigenvalue weighted by Crippen LogP contribution is 2.39. The number of carboxylic acids is 1. The monoisotopic (exact) mass is 393 g/mol. The zero-order valence-electron chi connectivity index (χ0n) is 12.3. The molecule has 0 aliphatic heterocycles. The summed E-state index contributed by atoms with van der Waals surface area (Å²) in [6, 6.07) is 9.28. The summed E-state index contributed by atoms with van der Waals surface area (Å²) in [6.45, 7) is -0.567. The number of carbonyl (C=O) groups is 1. The van der Waals surface area contributed by atoms with Crippen LogP contribution in [-0.2, 0) is 11.0 Å². The Morgan fingerprint density at radius 1 is 1.12 bits per heavy atom. The van der Waals surface area contributed by atoms with Crippen LogP contribution >= 0.6 is 23.2 Å². The number of benzene rings is 2. The Labute approximate surface area is 150 Å². The van der Waals surface area contributed by atoms with Gasteiger partial charge in [-0.15, -0.1) is 0 Å². The molecule has 4 nitrogen and oxygen atoms in total. The third kappa shape index (κ3) is 5.17. The second-order valence-electron chi connectivity index (χ2n) is 4.82. The SMILES string of the molecule is O=C([O-])C(COc1c(Cl)cc(C(F)(F)F)cc1Cl)Oc1ccccc1. The Morgan fingerprint density at radius 3 is 2.16 bits per heavy atom. The number of carboxylic acid groups (broad SMARTS) is 1. The molecule has 0 bridgehead atoms. The molecule has 0 fully saturated rings. The topological polar surface area (TPSA) is 58.6 Å². The summed E-state index contributed by atoms with van der Waals surface area (Å²) in [6.07, 6.45) is -6.15. The van der Waals surface area contributed by atoms with Crippen LogP contribution in [0.5, 0.6) is 11.5 Å². The Kier molecular flexibility index (Phi) is 6.02. The lowest BCUT2D eigenvalue weighted by Crippen LogP contribution is -2.43. The minimum Gasteiger partial charge on any atom is -0.546 e. The van der Waals surface area contributed by atoms with Crippen molar-refractivity contribution in [1.82, 2.24) is 0 Å². The van der Waals surface area contributed by atoms with E-state index in [2.05, 4.69) is 0 Å². The quantitative estimate of drug-likeness (QED) is 0.752. The molecule has 2 rings (SSSR count). The van der Waals surface area contributed by atoms with E-state index in [0.29, 0.717) is 12.1 Å². The summed E-state index contributed by atoms with van der Waals surface area (Å²) in [4.78, 5) is 11.1. The molecule has 25 heavy (non-hydrogen) atoms. The molecular weight excluding hydrogens is 384 g/mol.